The molecule has 1 heterocycles. The number of carbonyl (C=O) groups excluding carboxylic acids is 1. The van der Waals surface area contributed by atoms with Crippen LogP contribution in [0.25, 0.3) is 5.57 Å². The summed E-state index contributed by atoms with van der Waals surface area (Å²) in [5.41, 5.74) is 4.24. The van der Waals surface area contributed by atoms with Crippen LogP contribution in [0.3, 0.4) is 0 Å². The average molecular weight is 370 g/mol. The van der Waals surface area contributed by atoms with E-state index in [-0.39, 0.29) is 23.4 Å². The smallest absolute Gasteiger partial charge is 0.169 e. The van der Waals surface area contributed by atoms with Gasteiger partial charge in [0.1, 0.15) is 10.9 Å². The highest BCUT2D eigenvalue weighted by Crippen LogP contribution is 2.45. The van der Waals surface area contributed by atoms with Gasteiger partial charge in [0.2, 0.25) is 0 Å². The molecule has 1 aromatic rings. The lowest BCUT2D eigenvalue weighted by Gasteiger charge is -2.23. The molecule has 0 aromatic carbocycles. The molecule has 0 amide bonds. The lowest BCUT2D eigenvalue weighted by Crippen LogP contribution is -2.23. The number of ketones is 1. The van der Waals surface area contributed by atoms with E-state index >= 15 is 0 Å². The maximum atomic E-state index is 12.9. The van der Waals surface area contributed by atoms with E-state index in [2.05, 4.69) is 11.6 Å². The number of fused-ring (bicyclic) bond motifs is 2. The van der Waals surface area contributed by atoms with Gasteiger partial charge >= 0.3 is 0 Å². The molecule has 2 bridgehead atoms. The van der Waals surface area contributed by atoms with Crippen molar-refractivity contribution in [3.63, 3.8) is 0 Å². The van der Waals surface area contributed by atoms with Crippen molar-refractivity contribution in [1.29, 1.82) is 0 Å². The van der Waals surface area contributed by atoms with Crippen LogP contribution in [0.15, 0.2) is 54.0 Å². The van der Waals surface area contributed by atoms with Gasteiger partial charge < -0.3 is 5.11 Å². The molecular weight excluding hydrogens is 346 g/mol. The second-order valence-electron chi connectivity index (χ2n) is 7.03. The lowest BCUT2D eigenvalue weighted by atomic mass is 9.81. The number of halogens is 1. The van der Waals surface area contributed by atoms with Gasteiger partial charge in [-0.25, -0.2) is 4.98 Å². The van der Waals surface area contributed by atoms with Gasteiger partial charge in [-0.2, -0.15) is 0 Å². The van der Waals surface area contributed by atoms with Crippen molar-refractivity contribution in [3.8, 4) is 0 Å². The van der Waals surface area contributed by atoms with E-state index in [9.17, 15) is 9.90 Å². The highest BCUT2D eigenvalue weighted by Gasteiger charge is 2.41. The predicted molar refractivity (Wildman–Crippen MR) is 106 cm³/mol. The molecule has 0 spiro atoms. The van der Waals surface area contributed by atoms with Crippen molar-refractivity contribution in [2.24, 2.45) is 11.8 Å². The zero-order valence-corrected chi connectivity index (χ0v) is 16.0. The SMILES string of the molecule is C=C/C=C(\C=C(/CC)C1=C(O)C2CCC(C2)C1=O)c1cnc(Cl)cc1C. The molecule has 3 nitrogen and oxygen atoms in total. The number of allylic oxidation sites excluding steroid dienone is 7. The van der Waals surface area contributed by atoms with Crippen molar-refractivity contribution in [2.45, 2.75) is 39.5 Å². The van der Waals surface area contributed by atoms with E-state index in [4.69, 9.17) is 11.6 Å². The Balaban J connectivity index is 2.09. The van der Waals surface area contributed by atoms with Gasteiger partial charge in [-0.15, -0.1) is 0 Å². The first-order valence-corrected chi connectivity index (χ1v) is 9.47. The summed E-state index contributed by atoms with van der Waals surface area (Å²) >= 11 is 5.98. The van der Waals surface area contributed by atoms with Gasteiger partial charge in [0.15, 0.2) is 5.78 Å². The molecular formula is C22H24ClNO2. The summed E-state index contributed by atoms with van der Waals surface area (Å²) in [6.45, 7) is 7.78. The van der Waals surface area contributed by atoms with Crippen LogP contribution in [0.2, 0.25) is 5.15 Å². The van der Waals surface area contributed by atoms with E-state index < -0.39 is 0 Å². The number of hydrogen-bond donors (Lipinski definition) is 1. The second kappa shape index (κ2) is 7.63. The molecule has 0 aliphatic heterocycles. The number of carbonyl (C=O) groups is 1. The zero-order valence-electron chi connectivity index (χ0n) is 15.3. The number of aryl methyl sites for hydroxylation is 1. The summed E-state index contributed by atoms with van der Waals surface area (Å²) in [6, 6.07) is 1.82. The standard InChI is InChI=1S/C22H24ClNO2/c1-4-6-15(18-12-24-19(23)9-13(18)3)10-14(5-2)20-21(25)16-7-8-17(11-16)22(20)26/h4,6,9-10,12,16-17,25H,1,5,7-8,11H2,2-3H3/b14-10+,15-6+. The molecule has 2 aliphatic rings. The molecule has 1 fully saturated rings. The minimum atomic E-state index is 0.0617. The quantitative estimate of drug-likeness (QED) is 0.530. The Morgan fingerprint density at radius 2 is 2.15 bits per heavy atom. The van der Waals surface area contributed by atoms with Crippen molar-refractivity contribution in [3.05, 3.63) is 70.3 Å². The summed E-state index contributed by atoms with van der Waals surface area (Å²) in [5.74, 6) is 0.564. The molecule has 1 aromatic heterocycles. The molecule has 2 unspecified atom stereocenters. The number of hydrogen-bond acceptors (Lipinski definition) is 3. The van der Waals surface area contributed by atoms with Gasteiger partial charge in [-0.3, -0.25) is 4.79 Å². The van der Waals surface area contributed by atoms with Crippen molar-refractivity contribution >= 4 is 23.0 Å². The first kappa shape index (κ1) is 18.7. The fourth-order valence-corrected chi connectivity index (χ4v) is 4.24. The topological polar surface area (TPSA) is 50.2 Å². The molecule has 2 atom stereocenters. The molecule has 1 N–H and O–H groups in total. The van der Waals surface area contributed by atoms with Gasteiger partial charge in [0.25, 0.3) is 0 Å². The fourth-order valence-electron chi connectivity index (χ4n) is 4.03. The first-order valence-electron chi connectivity index (χ1n) is 9.09. The molecule has 136 valence electrons. The largest absolute Gasteiger partial charge is 0.511 e. The van der Waals surface area contributed by atoms with Gasteiger partial charge in [-0.05, 0) is 55.4 Å². The number of aliphatic hydroxyl groups is 1. The fraction of sp³-hybridized carbons (Fsp3) is 0.364. The molecule has 3 rings (SSSR count). The maximum Gasteiger partial charge on any atom is 0.169 e. The third-order valence-corrected chi connectivity index (χ3v) is 5.62. The summed E-state index contributed by atoms with van der Waals surface area (Å²) in [6.07, 6.45) is 10.6. The Labute approximate surface area is 159 Å². The lowest BCUT2D eigenvalue weighted by molar-refractivity contribution is -0.119. The Morgan fingerprint density at radius 1 is 1.42 bits per heavy atom. The minimum Gasteiger partial charge on any atom is -0.511 e. The van der Waals surface area contributed by atoms with Crippen LogP contribution in [-0.4, -0.2) is 15.9 Å². The molecule has 0 saturated heterocycles. The Hall–Kier alpha value is -2.13. The van der Waals surface area contributed by atoms with E-state index in [1.807, 2.05) is 32.1 Å². The number of rotatable bonds is 5. The van der Waals surface area contributed by atoms with Crippen LogP contribution < -0.4 is 0 Å². The van der Waals surface area contributed by atoms with Crippen LogP contribution in [0.1, 0.15) is 43.7 Å². The summed E-state index contributed by atoms with van der Waals surface area (Å²) in [7, 11) is 0. The molecule has 4 heteroatoms. The van der Waals surface area contributed by atoms with Crippen LogP contribution in [0, 0.1) is 18.8 Å². The molecule has 26 heavy (non-hydrogen) atoms. The number of aromatic nitrogens is 1. The summed E-state index contributed by atoms with van der Waals surface area (Å²) in [5, 5.41) is 11.1. The molecule has 1 saturated carbocycles. The normalized spacial score (nSPS) is 23.6. The summed E-state index contributed by atoms with van der Waals surface area (Å²) < 4.78 is 0. The minimum absolute atomic E-state index is 0.0617. The predicted octanol–water partition coefficient (Wildman–Crippen LogP) is 5.76. The third-order valence-electron chi connectivity index (χ3n) is 5.41. The van der Waals surface area contributed by atoms with E-state index in [0.717, 1.165) is 41.5 Å². The molecule has 0 radical (unpaired) electrons. The van der Waals surface area contributed by atoms with Gasteiger partial charge in [-0.1, -0.05) is 43.3 Å². The molecule has 2 aliphatic carbocycles. The Bertz CT molecular complexity index is 848. The van der Waals surface area contributed by atoms with E-state index in [0.29, 0.717) is 17.1 Å². The Kier molecular flexibility index (Phi) is 5.47. The number of Topliss-reactive ketones (excluding diaryl/α,β-unsaturated/α-hetero) is 1. The number of aliphatic hydroxyl groups excluding tert-OH is 1. The van der Waals surface area contributed by atoms with Crippen molar-refractivity contribution in [2.75, 3.05) is 0 Å². The van der Waals surface area contributed by atoms with E-state index in [1.165, 1.54) is 0 Å². The monoisotopic (exact) mass is 369 g/mol. The number of pyridine rings is 1. The third kappa shape index (κ3) is 3.41. The van der Waals surface area contributed by atoms with Crippen LogP contribution in [-0.2, 0) is 4.79 Å². The van der Waals surface area contributed by atoms with Crippen LogP contribution >= 0.6 is 11.6 Å². The highest BCUT2D eigenvalue weighted by atomic mass is 35.5. The van der Waals surface area contributed by atoms with Crippen molar-refractivity contribution in [1.82, 2.24) is 4.98 Å². The maximum absolute atomic E-state index is 12.9. The first-order chi connectivity index (χ1) is 12.5. The van der Waals surface area contributed by atoms with Crippen LogP contribution in [0.5, 0.6) is 0 Å². The number of nitrogens with zero attached hydrogens (tertiary/aromatic N) is 1. The van der Waals surface area contributed by atoms with Gasteiger partial charge in [0, 0.05) is 23.6 Å². The second-order valence-corrected chi connectivity index (χ2v) is 7.42. The van der Waals surface area contributed by atoms with E-state index in [1.54, 1.807) is 12.3 Å². The average Bonchev–Trinajstić information content (AvgIpc) is 3.06. The van der Waals surface area contributed by atoms with Crippen LogP contribution in [0.4, 0.5) is 0 Å². The van der Waals surface area contributed by atoms with Gasteiger partial charge in [0.05, 0.1) is 5.57 Å². The highest BCUT2D eigenvalue weighted by molar-refractivity contribution is 6.29. The zero-order chi connectivity index (χ0) is 18.8. The summed E-state index contributed by atoms with van der Waals surface area (Å²) in [4.78, 5) is 17.0. The Morgan fingerprint density at radius 3 is 2.81 bits per heavy atom. The van der Waals surface area contributed by atoms with Crippen molar-refractivity contribution < 1.29 is 9.90 Å².